The molecule has 2 aromatic rings. The summed E-state index contributed by atoms with van der Waals surface area (Å²) in [5, 5.41) is 5.94. The molecular weight excluding hydrogens is 464 g/mol. The van der Waals surface area contributed by atoms with Crippen LogP contribution in [-0.4, -0.2) is 5.17 Å². The second-order valence-corrected chi connectivity index (χ2v) is 6.55. The van der Waals surface area contributed by atoms with Crippen LogP contribution in [0.2, 0.25) is 10.0 Å². The normalized spacial score (nSPS) is 10.9. The third-order valence-electron chi connectivity index (χ3n) is 2.90. The van der Waals surface area contributed by atoms with E-state index in [-0.39, 0.29) is 32.9 Å². The van der Waals surface area contributed by atoms with Crippen LogP contribution in [-0.2, 0) is 11.9 Å². The molecule has 4 N–H and O–H groups in total. The SMILES string of the molecule is NC(=[NH2+])SCc1cc(Oc2ccc(C(F)(F)F)cc2Cl)ccc1Cl.[Br-]. The Morgan fingerprint density at radius 3 is 2.36 bits per heavy atom. The molecule has 10 heteroatoms. The maximum Gasteiger partial charge on any atom is 0.416 e. The number of amidine groups is 1. The second-order valence-electron chi connectivity index (χ2n) is 4.69. The van der Waals surface area contributed by atoms with Gasteiger partial charge in [0.1, 0.15) is 11.5 Å². The van der Waals surface area contributed by atoms with E-state index in [1.54, 1.807) is 18.2 Å². The Kier molecular flexibility index (Phi) is 7.92. The van der Waals surface area contributed by atoms with Crippen molar-refractivity contribution in [3.05, 3.63) is 57.6 Å². The van der Waals surface area contributed by atoms with Crippen LogP contribution in [0.5, 0.6) is 11.5 Å². The number of halogens is 6. The van der Waals surface area contributed by atoms with Gasteiger partial charge in [0.2, 0.25) is 0 Å². The number of ether oxygens (including phenoxy) is 1. The zero-order valence-electron chi connectivity index (χ0n) is 12.4. The van der Waals surface area contributed by atoms with E-state index >= 15 is 0 Å². The van der Waals surface area contributed by atoms with Gasteiger partial charge in [-0.25, -0.2) is 0 Å². The lowest BCUT2D eigenvalue weighted by Crippen LogP contribution is -3.00. The Morgan fingerprint density at radius 1 is 1.12 bits per heavy atom. The zero-order valence-corrected chi connectivity index (χ0v) is 16.3. The van der Waals surface area contributed by atoms with Crippen molar-refractivity contribution in [2.24, 2.45) is 5.73 Å². The summed E-state index contributed by atoms with van der Waals surface area (Å²) in [6, 6.07) is 7.72. The Labute approximate surface area is 166 Å². The van der Waals surface area contributed by atoms with Gasteiger partial charge in [0, 0.05) is 10.8 Å². The number of nitrogens with two attached hydrogens (primary N) is 2. The second kappa shape index (κ2) is 9.02. The van der Waals surface area contributed by atoms with E-state index in [1.165, 1.54) is 17.8 Å². The highest BCUT2D eigenvalue weighted by Gasteiger charge is 2.31. The Morgan fingerprint density at radius 2 is 1.80 bits per heavy atom. The zero-order chi connectivity index (χ0) is 17.9. The van der Waals surface area contributed by atoms with Crippen LogP contribution >= 0.6 is 35.0 Å². The van der Waals surface area contributed by atoms with Gasteiger partial charge in [-0.15, -0.1) is 0 Å². The van der Waals surface area contributed by atoms with Crippen molar-refractivity contribution in [3.63, 3.8) is 0 Å². The molecule has 0 saturated carbocycles. The first-order chi connectivity index (χ1) is 11.2. The molecule has 0 unspecified atom stereocenters. The number of benzene rings is 2. The van der Waals surface area contributed by atoms with Gasteiger partial charge in [-0.05, 0) is 53.7 Å². The van der Waals surface area contributed by atoms with Gasteiger partial charge in [0.05, 0.1) is 10.6 Å². The molecule has 0 radical (unpaired) electrons. The van der Waals surface area contributed by atoms with Crippen molar-refractivity contribution in [2.45, 2.75) is 11.9 Å². The molecule has 3 nitrogen and oxygen atoms in total. The van der Waals surface area contributed by atoms with Gasteiger partial charge in [-0.2, -0.15) is 13.2 Å². The van der Waals surface area contributed by atoms with Gasteiger partial charge >= 0.3 is 6.18 Å². The molecule has 25 heavy (non-hydrogen) atoms. The largest absolute Gasteiger partial charge is 1.00 e. The molecule has 0 bridgehead atoms. The quantitative estimate of drug-likeness (QED) is 0.514. The summed E-state index contributed by atoms with van der Waals surface area (Å²) in [6.45, 7) is 0. The first kappa shape index (κ1) is 22.0. The molecule has 0 aromatic heterocycles. The standard InChI is InChI=1S/C15H11Cl2F3N2OS.BrH/c16-11-3-2-10(5-8(11)7-24-14(21)22)23-13-4-1-9(6-12(13)17)15(18,19)20;/h1-6H,7H2,(H3,21,22);1H. The predicted octanol–water partition coefficient (Wildman–Crippen LogP) is 1.12. The Balaban J connectivity index is 0.00000312. The average Bonchev–Trinajstić information content (AvgIpc) is 2.48. The first-order valence-corrected chi connectivity index (χ1v) is 8.24. The van der Waals surface area contributed by atoms with E-state index in [4.69, 9.17) is 39.1 Å². The van der Waals surface area contributed by atoms with Crippen LogP contribution in [0.25, 0.3) is 0 Å². The van der Waals surface area contributed by atoms with Crippen LogP contribution in [0.3, 0.4) is 0 Å². The molecule has 0 atom stereocenters. The fourth-order valence-electron chi connectivity index (χ4n) is 1.77. The fourth-order valence-corrected chi connectivity index (χ4v) is 2.82. The molecule has 0 aliphatic carbocycles. The molecule has 136 valence electrons. The highest BCUT2D eigenvalue weighted by molar-refractivity contribution is 8.12. The minimum absolute atomic E-state index is 0. The average molecular weight is 476 g/mol. The van der Waals surface area contributed by atoms with Crippen LogP contribution in [0, 0.1) is 0 Å². The first-order valence-electron chi connectivity index (χ1n) is 6.50. The van der Waals surface area contributed by atoms with Crippen LogP contribution in [0.1, 0.15) is 11.1 Å². The summed E-state index contributed by atoms with van der Waals surface area (Å²) in [5.74, 6) is 0.918. The molecule has 0 aliphatic heterocycles. The molecule has 0 saturated heterocycles. The molecule has 0 aliphatic rings. The predicted molar refractivity (Wildman–Crippen MR) is 90.4 cm³/mol. The molecule has 2 aromatic carbocycles. The summed E-state index contributed by atoms with van der Waals surface area (Å²) in [4.78, 5) is 0. The summed E-state index contributed by atoms with van der Waals surface area (Å²) in [7, 11) is 0. The summed E-state index contributed by atoms with van der Waals surface area (Å²) < 4.78 is 43.4. The monoisotopic (exact) mass is 474 g/mol. The number of hydrogen-bond acceptors (Lipinski definition) is 2. The lowest BCUT2D eigenvalue weighted by atomic mass is 10.2. The van der Waals surface area contributed by atoms with E-state index in [0.29, 0.717) is 16.5 Å². The molecular formula is C15H12BrCl2F3N2OS. The molecule has 0 spiro atoms. The van der Waals surface area contributed by atoms with Crippen molar-refractivity contribution in [1.82, 2.24) is 0 Å². The van der Waals surface area contributed by atoms with Crippen molar-refractivity contribution in [3.8, 4) is 11.5 Å². The number of hydrogen-bond donors (Lipinski definition) is 2. The van der Waals surface area contributed by atoms with Crippen molar-refractivity contribution < 1.29 is 40.3 Å². The van der Waals surface area contributed by atoms with Gasteiger partial charge in [-0.1, -0.05) is 23.2 Å². The fraction of sp³-hybridized carbons (Fsp3) is 0.133. The molecule has 0 heterocycles. The number of thioether (sulfide) groups is 1. The van der Waals surface area contributed by atoms with Crippen molar-refractivity contribution >= 4 is 40.1 Å². The smallest absolute Gasteiger partial charge is 0.416 e. The van der Waals surface area contributed by atoms with E-state index in [0.717, 1.165) is 17.7 Å². The van der Waals surface area contributed by atoms with Crippen molar-refractivity contribution in [2.75, 3.05) is 0 Å². The molecule has 0 fully saturated rings. The highest BCUT2D eigenvalue weighted by atomic mass is 79.9. The lowest BCUT2D eigenvalue weighted by Gasteiger charge is -2.12. The van der Waals surface area contributed by atoms with E-state index in [1.807, 2.05) is 0 Å². The van der Waals surface area contributed by atoms with Gasteiger partial charge in [0.25, 0.3) is 5.17 Å². The minimum atomic E-state index is -4.47. The summed E-state index contributed by atoms with van der Waals surface area (Å²) in [5.41, 5.74) is 5.27. The summed E-state index contributed by atoms with van der Waals surface area (Å²) in [6.07, 6.45) is -4.47. The third kappa shape index (κ3) is 6.29. The van der Waals surface area contributed by atoms with Crippen LogP contribution in [0.4, 0.5) is 13.2 Å². The maximum absolute atomic E-state index is 12.6. The van der Waals surface area contributed by atoms with Crippen LogP contribution in [0.15, 0.2) is 36.4 Å². The van der Waals surface area contributed by atoms with Crippen molar-refractivity contribution in [1.29, 1.82) is 0 Å². The van der Waals surface area contributed by atoms with E-state index < -0.39 is 11.7 Å². The van der Waals surface area contributed by atoms with E-state index in [2.05, 4.69) is 0 Å². The molecule has 0 amide bonds. The maximum atomic E-state index is 12.6. The van der Waals surface area contributed by atoms with Gasteiger partial charge < -0.3 is 21.7 Å². The van der Waals surface area contributed by atoms with Gasteiger partial charge in [-0.3, -0.25) is 11.1 Å². The highest BCUT2D eigenvalue weighted by Crippen LogP contribution is 2.37. The minimum Gasteiger partial charge on any atom is -1.00 e. The topological polar surface area (TPSA) is 60.8 Å². The number of alkyl halides is 3. The van der Waals surface area contributed by atoms with Gasteiger partial charge in [0.15, 0.2) is 0 Å². The lowest BCUT2D eigenvalue weighted by molar-refractivity contribution is -0.137. The van der Waals surface area contributed by atoms with Crippen LogP contribution < -0.4 is 32.9 Å². The summed E-state index contributed by atoms with van der Waals surface area (Å²) >= 11 is 13.1. The number of rotatable bonds is 4. The third-order valence-corrected chi connectivity index (χ3v) is 4.35. The molecule has 2 rings (SSSR count). The Bertz CT molecular complexity index is 775. The Hall–Kier alpha value is -1.09. The van der Waals surface area contributed by atoms with E-state index in [9.17, 15) is 13.2 Å².